The Morgan fingerprint density at radius 3 is 2.11 bits per heavy atom. The summed E-state index contributed by atoms with van der Waals surface area (Å²) in [7, 11) is 4.58. The van der Waals surface area contributed by atoms with Crippen molar-refractivity contribution in [3.8, 4) is 11.5 Å². The van der Waals surface area contributed by atoms with E-state index in [-0.39, 0.29) is 6.54 Å². The molecule has 0 amide bonds. The van der Waals surface area contributed by atoms with E-state index in [9.17, 15) is 4.79 Å². The third-order valence-electron chi connectivity index (χ3n) is 2.86. The fourth-order valence-corrected chi connectivity index (χ4v) is 1.87. The van der Waals surface area contributed by atoms with Gasteiger partial charge in [0.15, 0.2) is 0 Å². The van der Waals surface area contributed by atoms with Crippen molar-refractivity contribution in [2.45, 2.75) is 12.5 Å². The van der Waals surface area contributed by atoms with Crippen LogP contribution in [0.4, 0.5) is 0 Å². The van der Waals surface area contributed by atoms with Crippen molar-refractivity contribution in [3.05, 3.63) is 23.3 Å². The number of hydrogen-bond donors (Lipinski definition) is 2. The van der Waals surface area contributed by atoms with Crippen LogP contribution >= 0.6 is 0 Å². The average molecular weight is 269 g/mol. The highest BCUT2D eigenvalue weighted by Gasteiger charge is 2.22. The molecule has 0 fully saturated rings. The lowest BCUT2D eigenvalue weighted by atomic mass is 9.97. The largest absolute Gasteiger partial charge is 0.496 e. The van der Waals surface area contributed by atoms with Crippen molar-refractivity contribution in [2.75, 3.05) is 27.9 Å². The maximum absolute atomic E-state index is 11.2. The Morgan fingerprint density at radius 2 is 1.79 bits per heavy atom. The zero-order chi connectivity index (χ0) is 14.4. The fourth-order valence-electron chi connectivity index (χ4n) is 1.87. The van der Waals surface area contributed by atoms with Gasteiger partial charge in [-0.25, -0.2) is 0 Å². The molecular weight excluding hydrogens is 250 g/mol. The lowest BCUT2D eigenvalue weighted by Gasteiger charge is -2.17. The van der Waals surface area contributed by atoms with Crippen LogP contribution < -0.4 is 15.2 Å². The number of hydrogen-bond acceptors (Lipinski definition) is 5. The van der Waals surface area contributed by atoms with Crippen molar-refractivity contribution in [2.24, 2.45) is 5.73 Å². The quantitative estimate of drug-likeness (QED) is 0.766. The summed E-state index contributed by atoms with van der Waals surface area (Å²) in [6, 6.07) is 3.31. The molecule has 6 heteroatoms. The molecule has 1 rings (SSSR count). The van der Waals surface area contributed by atoms with Crippen molar-refractivity contribution >= 4 is 5.97 Å². The van der Waals surface area contributed by atoms with Crippen molar-refractivity contribution in [3.63, 3.8) is 0 Å². The topological polar surface area (TPSA) is 91.0 Å². The molecule has 0 aliphatic carbocycles. The predicted octanol–water partition coefficient (Wildman–Crippen LogP) is 0.977. The van der Waals surface area contributed by atoms with Crippen molar-refractivity contribution < 1.29 is 24.1 Å². The van der Waals surface area contributed by atoms with Gasteiger partial charge in [0.25, 0.3) is 0 Å². The number of aliphatic carboxylic acids is 1. The molecule has 6 nitrogen and oxygen atoms in total. The summed E-state index contributed by atoms with van der Waals surface area (Å²) in [6.07, 6.45) is 0. The van der Waals surface area contributed by atoms with Crippen LogP contribution in [0.5, 0.6) is 11.5 Å². The molecule has 1 aromatic carbocycles. The van der Waals surface area contributed by atoms with Gasteiger partial charge in [-0.15, -0.1) is 0 Å². The molecule has 3 N–H and O–H groups in total. The Hall–Kier alpha value is -1.79. The predicted molar refractivity (Wildman–Crippen MR) is 69.7 cm³/mol. The Morgan fingerprint density at radius 1 is 1.26 bits per heavy atom. The van der Waals surface area contributed by atoms with E-state index in [2.05, 4.69) is 0 Å². The van der Waals surface area contributed by atoms with Gasteiger partial charge in [0.2, 0.25) is 0 Å². The monoisotopic (exact) mass is 269 g/mol. The molecule has 1 atom stereocenters. The summed E-state index contributed by atoms with van der Waals surface area (Å²) in [6.45, 7) is 0.318. The number of methoxy groups -OCH3 is 3. The molecule has 1 aromatic rings. The number of rotatable bonds is 7. The summed E-state index contributed by atoms with van der Waals surface area (Å²) in [5, 5.41) is 9.14. The van der Waals surface area contributed by atoms with Gasteiger partial charge in [0, 0.05) is 13.7 Å². The van der Waals surface area contributed by atoms with Gasteiger partial charge < -0.3 is 25.1 Å². The first-order valence-electron chi connectivity index (χ1n) is 5.75. The zero-order valence-electron chi connectivity index (χ0n) is 11.3. The second-order valence-corrected chi connectivity index (χ2v) is 3.96. The minimum absolute atomic E-state index is 0.00522. The van der Waals surface area contributed by atoms with Gasteiger partial charge in [-0.05, 0) is 17.7 Å². The van der Waals surface area contributed by atoms with Crippen LogP contribution in [0.2, 0.25) is 0 Å². The van der Waals surface area contributed by atoms with Crippen LogP contribution in [0.3, 0.4) is 0 Å². The minimum atomic E-state index is -0.980. The summed E-state index contributed by atoms with van der Waals surface area (Å²) in [5.74, 6) is -0.725. The number of carbonyl (C=O) groups is 1. The van der Waals surface area contributed by atoms with Gasteiger partial charge in [-0.3, -0.25) is 4.79 Å². The number of carboxylic acids is 1. The molecule has 0 aliphatic rings. The first-order chi connectivity index (χ1) is 9.08. The van der Waals surface area contributed by atoms with Gasteiger partial charge in [-0.2, -0.15) is 0 Å². The molecular formula is C13H19NO5. The second kappa shape index (κ2) is 6.96. The van der Waals surface area contributed by atoms with Crippen molar-refractivity contribution in [1.82, 2.24) is 0 Å². The van der Waals surface area contributed by atoms with Crippen LogP contribution in [0, 0.1) is 0 Å². The van der Waals surface area contributed by atoms with Gasteiger partial charge in [0.1, 0.15) is 11.5 Å². The lowest BCUT2D eigenvalue weighted by Crippen LogP contribution is -2.21. The highest BCUT2D eigenvalue weighted by atomic mass is 16.5. The van der Waals surface area contributed by atoms with Crippen LogP contribution in [-0.2, 0) is 16.1 Å². The van der Waals surface area contributed by atoms with E-state index in [1.807, 2.05) is 0 Å². The molecule has 0 saturated carbocycles. The van der Waals surface area contributed by atoms with Crippen LogP contribution in [0.15, 0.2) is 12.1 Å². The molecule has 0 aromatic heterocycles. The normalized spacial score (nSPS) is 12.0. The first kappa shape index (κ1) is 15.3. The number of ether oxygens (including phenoxy) is 3. The van der Waals surface area contributed by atoms with Gasteiger partial charge >= 0.3 is 5.97 Å². The molecule has 0 bridgehead atoms. The Labute approximate surface area is 112 Å². The lowest BCUT2D eigenvalue weighted by molar-refractivity contribution is -0.138. The highest BCUT2D eigenvalue weighted by molar-refractivity contribution is 5.77. The van der Waals surface area contributed by atoms with Crippen LogP contribution in [0.1, 0.15) is 17.0 Å². The Bertz CT molecular complexity index is 422. The van der Waals surface area contributed by atoms with Gasteiger partial charge in [-0.1, -0.05) is 0 Å². The van der Waals surface area contributed by atoms with E-state index in [4.69, 9.17) is 25.1 Å². The van der Waals surface area contributed by atoms with E-state index >= 15 is 0 Å². The van der Waals surface area contributed by atoms with E-state index in [0.717, 1.165) is 5.56 Å². The molecule has 19 heavy (non-hydrogen) atoms. The van der Waals surface area contributed by atoms with E-state index < -0.39 is 11.9 Å². The Balaban J connectivity index is 3.33. The number of benzene rings is 1. The van der Waals surface area contributed by atoms with Crippen LogP contribution in [-0.4, -0.2) is 38.9 Å². The average Bonchev–Trinajstić information content (AvgIpc) is 2.40. The van der Waals surface area contributed by atoms with Crippen LogP contribution in [0.25, 0.3) is 0 Å². The third-order valence-corrected chi connectivity index (χ3v) is 2.86. The number of nitrogens with two attached hydrogens (primary N) is 1. The molecule has 0 spiro atoms. The van der Waals surface area contributed by atoms with Crippen molar-refractivity contribution in [1.29, 1.82) is 0 Å². The van der Waals surface area contributed by atoms with E-state index in [1.165, 1.54) is 14.2 Å². The SMILES string of the molecule is COCc1c(OC)cc(C(CN)C(=O)O)cc1OC. The first-order valence-corrected chi connectivity index (χ1v) is 5.75. The fraction of sp³-hybridized carbons (Fsp3) is 0.462. The van der Waals surface area contributed by atoms with E-state index in [0.29, 0.717) is 23.7 Å². The maximum atomic E-state index is 11.2. The van der Waals surface area contributed by atoms with Gasteiger partial charge in [0.05, 0.1) is 32.3 Å². The molecule has 0 saturated heterocycles. The molecule has 0 radical (unpaired) electrons. The Kier molecular flexibility index (Phi) is 5.59. The zero-order valence-corrected chi connectivity index (χ0v) is 11.3. The molecule has 106 valence electrons. The van der Waals surface area contributed by atoms with E-state index in [1.54, 1.807) is 19.2 Å². The highest BCUT2D eigenvalue weighted by Crippen LogP contribution is 2.33. The maximum Gasteiger partial charge on any atom is 0.312 e. The number of carboxylic acid groups (broad SMARTS) is 1. The molecule has 1 unspecified atom stereocenters. The summed E-state index contributed by atoms with van der Waals surface area (Å²) < 4.78 is 15.6. The smallest absolute Gasteiger partial charge is 0.312 e. The molecule has 0 aliphatic heterocycles. The summed E-state index contributed by atoms with van der Waals surface area (Å²) in [5.41, 5.74) is 6.78. The third kappa shape index (κ3) is 3.36. The standard InChI is InChI=1S/C13H19NO5/c1-17-7-10-11(18-2)4-8(5-12(10)19-3)9(6-14)13(15)16/h4-5,9H,6-7,14H2,1-3H3,(H,15,16). The second-order valence-electron chi connectivity index (χ2n) is 3.96. The molecule has 0 heterocycles. The minimum Gasteiger partial charge on any atom is -0.496 e. The summed E-state index contributed by atoms with van der Waals surface area (Å²) in [4.78, 5) is 11.2. The summed E-state index contributed by atoms with van der Waals surface area (Å²) >= 11 is 0.